The van der Waals surface area contributed by atoms with Crippen molar-refractivity contribution in [2.45, 2.75) is 64.8 Å². The van der Waals surface area contributed by atoms with Crippen LogP contribution in [-0.2, 0) is 12.8 Å². The van der Waals surface area contributed by atoms with Crippen LogP contribution < -0.4 is 0 Å². The van der Waals surface area contributed by atoms with Crippen molar-refractivity contribution in [1.82, 2.24) is 0 Å². The quantitative estimate of drug-likeness (QED) is 0.376. The zero-order valence-electron chi connectivity index (χ0n) is 17.8. The average Bonchev–Trinajstić information content (AvgIpc) is 2.75. The summed E-state index contributed by atoms with van der Waals surface area (Å²) in [5, 5.41) is 28.8. The number of allylic oxidation sites excluding steroid dienone is 3. The molecule has 0 saturated carbocycles. The second-order valence-electron chi connectivity index (χ2n) is 7.53. The summed E-state index contributed by atoms with van der Waals surface area (Å²) in [4.78, 5) is 0. The highest BCUT2D eigenvalue weighted by Gasteiger charge is 2.16. The van der Waals surface area contributed by atoms with Crippen molar-refractivity contribution in [2.75, 3.05) is 0 Å². The van der Waals surface area contributed by atoms with Gasteiger partial charge >= 0.3 is 0 Å². The van der Waals surface area contributed by atoms with Gasteiger partial charge in [0.15, 0.2) is 6.29 Å². The molecule has 0 bridgehead atoms. The molecule has 0 amide bonds. The van der Waals surface area contributed by atoms with Crippen molar-refractivity contribution in [3.05, 3.63) is 89.0 Å². The Morgan fingerprint density at radius 1 is 0.931 bits per heavy atom. The molecule has 0 aromatic heterocycles. The molecule has 2 rings (SSSR count). The molecule has 0 fully saturated rings. The van der Waals surface area contributed by atoms with Gasteiger partial charge in [-0.05, 0) is 54.4 Å². The van der Waals surface area contributed by atoms with E-state index in [-0.39, 0.29) is 0 Å². The molecule has 0 unspecified atom stereocenters. The van der Waals surface area contributed by atoms with Crippen molar-refractivity contribution >= 4 is 5.57 Å². The van der Waals surface area contributed by atoms with E-state index in [1.165, 1.54) is 22.3 Å². The molecule has 0 radical (unpaired) electrons. The molecule has 0 spiro atoms. The van der Waals surface area contributed by atoms with E-state index in [0.717, 1.165) is 19.3 Å². The summed E-state index contributed by atoms with van der Waals surface area (Å²) in [6.45, 7) is 6.15. The molecule has 0 heterocycles. The lowest BCUT2D eigenvalue weighted by Crippen LogP contribution is -2.22. The molecule has 0 aliphatic rings. The first kappa shape index (κ1) is 23.1. The summed E-state index contributed by atoms with van der Waals surface area (Å²) in [6.07, 6.45) is 8.74. The molecule has 3 nitrogen and oxygen atoms in total. The van der Waals surface area contributed by atoms with Crippen LogP contribution >= 0.6 is 0 Å². The summed E-state index contributed by atoms with van der Waals surface area (Å²) >= 11 is 0. The first-order chi connectivity index (χ1) is 13.9. The van der Waals surface area contributed by atoms with Gasteiger partial charge in [-0.1, -0.05) is 87.5 Å². The van der Waals surface area contributed by atoms with Crippen molar-refractivity contribution < 1.29 is 15.3 Å². The Bertz CT molecular complexity index is 812. The van der Waals surface area contributed by atoms with Crippen LogP contribution in [0.3, 0.4) is 0 Å². The van der Waals surface area contributed by atoms with Crippen LogP contribution in [0.5, 0.6) is 0 Å². The van der Waals surface area contributed by atoms with Crippen LogP contribution in [0, 0.1) is 0 Å². The minimum atomic E-state index is -1.42. The lowest BCUT2D eigenvalue weighted by Gasteiger charge is -2.20. The fourth-order valence-corrected chi connectivity index (χ4v) is 3.32. The maximum atomic E-state index is 10.4. The molecule has 0 aliphatic carbocycles. The maximum absolute atomic E-state index is 10.4. The molecule has 2 aromatic rings. The third-order valence-electron chi connectivity index (χ3n) is 5.59. The van der Waals surface area contributed by atoms with Crippen LogP contribution in [0.25, 0.3) is 5.57 Å². The Morgan fingerprint density at radius 3 is 2.17 bits per heavy atom. The first-order valence-corrected chi connectivity index (χ1v) is 10.6. The van der Waals surface area contributed by atoms with E-state index in [4.69, 9.17) is 0 Å². The molecule has 3 heteroatoms. The second kappa shape index (κ2) is 11.1. The average molecular weight is 395 g/mol. The predicted molar refractivity (Wildman–Crippen MR) is 120 cm³/mol. The van der Waals surface area contributed by atoms with Crippen molar-refractivity contribution in [2.24, 2.45) is 0 Å². The zero-order chi connectivity index (χ0) is 21.3. The molecule has 2 aromatic carbocycles. The summed E-state index contributed by atoms with van der Waals surface area (Å²) in [5.41, 5.74) is 4.70. The molecule has 156 valence electrons. The van der Waals surface area contributed by atoms with E-state index in [1.54, 1.807) is 12.1 Å². The zero-order valence-corrected chi connectivity index (χ0v) is 17.8. The fraction of sp³-hybridized carbons (Fsp3) is 0.385. The van der Waals surface area contributed by atoms with Crippen LogP contribution in [0.2, 0.25) is 0 Å². The van der Waals surface area contributed by atoms with E-state index >= 15 is 0 Å². The Morgan fingerprint density at radius 2 is 1.59 bits per heavy atom. The molecular weight excluding hydrogens is 360 g/mol. The Kier molecular flexibility index (Phi) is 8.84. The van der Waals surface area contributed by atoms with Gasteiger partial charge in [-0.25, -0.2) is 0 Å². The van der Waals surface area contributed by atoms with Crippen molar-refractivity contribution in [1.29, 1.82) is 0 Å². The maximum Gasteiger partial charge on any atom is 0.178 e. The number of aliphatic hydroxyl groups is 3. The van der Waals surface area contributed by atoms with Crippen LogP contribution in [0.15, 0.2) is 66.8 Å². The first-order valence-electron chi connectivity index (χ1n) is 10.6. The molecular formula is C26H34O3. The Balaban J connectivity index is 2.08. The SMILES string of the molecule is CCC(=CC=CC(O)(CC)CC)c1cccc(CCc2ccc(C(O)O)cc2)c1. The second-order valence-corrected chi connectivity index (χ2v) is 7.53. The van der Waals surface area contributed by atoms with Gasteiger partial charge in [0.05, 0.1) is 5.60 Å². The van der Waals surface area contributed by atoms with E-state index in [9.17, 15) is 15.3 Å². The minimum absolute atomic E-state index is 0.513. The van der Waals surface area contributed by atoms with Gasteiger partial charge in [-0.3, -0.25) is 0 Å². The largest absolute Gasteiger partial charge is 0.386 e. The van der Waals surface area contributed by atoms with Gasteiger partial charge in [0.25, 0.3) is 0 Å². The fourth-order valence-electron chi connectivity index (χ4n) is 3.32. The Hall–Kier alpha value is -2.20. The van der Waals surface area contributed by atoms with E-state index in [2.05, 4.69) is 37.3 Å². The summed E-state index contributed by atoms with van der Waals surface area (Å²) in [6, 6.07) is 16.0. The molecule has 3 N–H and O–H groups in total. The number of rotatable bonds is 10. The van der Waals surface area contributed by atoms with Gasteiger partial charge < -0.3 is 15.3 Å². The number of hydrogen-bond donors (Lipinski definition) is 3. The van der Waals surface area contributed by atoms with Crippen molar-refractivity contribution in [3.63, 3.8) is 0 Å². The smallest absolute Gasteiger partial charge is 0.178 e. The number of aryl methyl sites for hydroxylation is 2. The lowest BCUT2D eigenvalue weighted by atomic mass is 9.95. The summed E-state index contributed by atoms with van der Waals surface area (Å²) in [7, 11) is 0. The van der Waals surface area contributed by atoms with E-state index < -0.39 is 11.9 Å². The van der Waals surface area contributed by atoms with E-state index in [1.807, 2.05) is 38.1 Å². The van der Waals surface area contributed by atoms with Gasteiger partial charge in [0.1, 0.15) is 0 Å². The number of benzene rings is 2. The van der Waals surface area contributed by atoms with Crippen LogP contribution in [-0.4, -0.2) is 20.9 Å². The summed E-state index contributed by atoms with van der Waals surface area (Å²) < 4.78 is 0. The van der Waals surface area contributed by atoms with Gasteiger partial charge in [-0.15, -0.1) is 0 Å². The highest BCUT2D eigenvalue weighted by Crippen LogP contribution is 2.22. The predicted octanol–water partition coefficient (Wildman–Crippen LogP) is 5.36. The standard InChI is InChI=1S/C26H34O3/c1-4-22(11-8-18-26(29,5-2)6-3)24-10-7-9-21(19-24)13-12-20-14-16-23(17-15-20)25(27)28/h7-11,14-19,25,27-29H,4-6,12-13H2,1-3H3. The third-order valence-corrected chi connectivity index (χ3v) is 5.59. The third kappa shape index (κ3) is 6.97. The topological polar surface area (TPSA) is 60.7 Å². The molecule has 29 heavy (non-hydrogen) atoms. The summed E-state index contributed by atoms with van der Waals surface area (Å²) in [5.74, 6) is 0. The highest BCUT2D eigenvalue weighted by molar-refractivity contribution is 5.67. The highest BCUT2D eigenvalue weighted by atomic mass is 16.5. The number of aliphatic hydroxyl groups excluding tert-OH is 1. The Labute approximate surface area is 175 Å². The van der Waals surface area contributed by atoms with Gasteiger partial charge in [0, 0.05) is 5.56 Å². The van der Waals surface area contributed by atoms with Crippen molar-refractivity contribution in [3.8, 4) is 0 Å². The lowest BCUT2D eigenvalue weighted by molar-refractivity contribution is -0.0424. The van der Waals surface area contributed by atoms with Gasteiger partial charge in [0.2, 0.25) is 0 Å². The van der Waals surface area contributed by atoms with Gasteiger partial charge in [-0.2, -0.15) is 0 Å². The molecule has 0 aliphatic heterocycles. The normalized spacial score (nSPS) is 12.9. The monoisotopic (exact) mass is 394 g/mol. The number of hydrogen-bond acceptors (Lipinski definition) is 3. The van der Waals surface area contributed by atoms with E-state index in [0.29, 0.717) is 18.4 Å². The molecule has 0 saturated heterocycles. The van der Waals surface area contributed by atoms with Crippen LogP contribution in [0.4, 0.5) is 0 Å². The molecule has 0 atom stereocenters. The minimum Gasteiger partial charge on any atom is -0.386 e. The van der Waals surface area contributed by atoms with Crippen LogP contribution in [0.1, 0.15) is 68.6 Å².